The van der Waals surface area contributed by atoms with E-state index in [1.54, 1.807) is 0 Å². The maximum Gasteiger partial charge on any atom is 0.138 e. The predicted molar refractivity (Wildman–Crippen MR) is 85.6 cm³/mol. The lowest BCUT2D eigenvalue weighted by atomic mass is 9.94. The number of hydrogen-bond donors (Lipinski definition) is 1. The standard InChI is InChI=1S/C18H25NO2/c1-4-13-14-9-7-8-10-15(14)20-17(13)16-11-19-12-18(5-2,6-3)21-16/h7-10,16,19H,4-6,11-12H2,1-3H3. The predicted octanol–water partition coefficient (Wildman–Crippen LogP) is 4.21. The second-order valence-electron chi connectivity index (χ2n) is 5.92. The molecule has 1 aliphatic rings. The van der Waals surface area contributed by atoms with Gasteiger partial charge in [0.25, 0.3) is 0 Å². The highest BCUT2D eigenvalue weighted by atomic mass is 16.5. The molecule has 1 aromatic carbocycles. The zero-order valence-corrected chi connectivity index (χ0v) is 13.2. The molecule has 1 unspecified atom stereocenters. The third-order valence-electron chi connectivity index (χ3n) is 4.83. The van der Waals surface area contributed by atoms with E-state index in [0.717, 1.165) is 43.7 Å². The van der Waals surface area contributed by atoms with Gasteiger partial charge < -0.3 is 14.5 Å². The summed E-state index contributed by atoms with van der Waals surface area (Å²) in [5, 5.41) is 4.76. The number of furan rings is 1. The van der Waals surface area contributed by atoms with Gasteiger partial charge in [-0.25, -0.2) is 0 Å². The van der Waals surface area contributed by atoms with Gasteiger partial charge >= 0.3 is 0 Å². The number of para-hydroxylation sites is 1. The van der Waals surface area contributed by atoms with Gasteiger partial charge in [0.05, 0.1) is 5.60 Å². The summed E-state index contributed by atoms with van der Waals surface area (Å²) in [4.78, 5) is 0. The van der Waals surface area contributed by atoms with Gasteiger partial charge in [-0.15, -0.1) is 0 Å². The van der Waals surface area contributed by atoms with Crippen LogP contribution in [0.4, 0.5) is 0 Å². The largest absolute Gasteiger partial charge is 0.458 e. The van der Waals surface area contributed by atoms with E-state index in [-0.39, 0.29) is 11.7 Å². The van der Waals surface area contributed by atoms with Gasteiger partial charge in [-0.1, -0.05) is 39.0 Å². The molecule has 1 aliphatic heterocycles. The van der Waals surface area contributed by atoms with E-state index in [9.17, 15) is 0 Å². The first-order valence-corrected chi connectivity index (χ1v) is 8.11. The maximum absolute atomic E-state index is 6.47. The minimum atomic E-state index is -0.0626. The Hall–Kier alpha value is -1.32. The number of aryl methyl sites for hydroxylation is 1. The van der Waals surface area contributed by atoms with Gasteiger partial charge in [0.2, 0.25) is 0 Å². The molecule has 3 heteroatoms. The van der Waals surface area contributed by atoms with Crippen molar-refractivity contribution in [2.45, 2.75) is 51.7 Å². The van der Waals surface area contributed by atoms with Crippen molar-refractivity contribution in [3.63, 3.8) is 0 Å². The van der Waals surface area contributed by atoms with Crippen LogP contribution in [-0.2, 0) is 11.2 Å². The van der Waals surface area contributed by atoms with Crippen LogP contribution in [0.3, 0.4) is 0 Å². The van der Waals surface area contributed by atoms with Crippen LogP contribution in [0.15, 0.2) is 28.7 Å². The molecule has 0 radical (unpaired) electrons. The zero-order valence-electron chi connectivity index (χ0n) is 13.2. The molecule has 1 fully saturated rings. The average Bonchev–Trinajstić information content (AvgIpc) is 2.93. The number of benzene rings is 1. The fourth-order valence-electron chi connectivity index (χ4n) is 3.37. The normalized spacial score (nSPS) is 21.8. The summed E-state index contributed by atoms with van der Waals surface area (Å²) in [5.41, 5.74) is 2.20. The Kier molecular flexibility index (Phi) is 4.05. The van der Waals surface area contributed by atoms with Gasteiger partial charge in [-0.05, 0) is 25.3 Å². The minimum Gasteiger partial charge on any atom is -0.458 e. The molecule has 2 aromatic rings. The fraction of sp³-hybridized carbons (Fsp3) is 0.556. The third-order valence-corrected chi connectivity index (χ3v) is 4.83. The first kappa shape index (κ1) is 14.6. The Labute approximate surface area is 126 Å². The van der Waals surface area contributed by atoms with Crippen molar-refractivity contribution >= 4 is 11.0 Å². The van der Waals surface area contributed by atoms with Crippen molar-refractivity contribution in [3.8, 4) is 0 Å². The number of hydrogen-bond acceptors (Lipinski definition) is 3. The van der Waals surface area contributed by atoms with Gasteiger partial charge in [-0.3, -0.25) is 0 Å². The van der Waals surface area contributed by atoms with Crippen LogP contribution in [0.1, 0.15) is 51.0 Å². The molecule has 1 saturated heterocycles. The number of rotatable bonds is 4. The van der Waals surface area contributed by atoms with Crippen molar-refractivity contribution in [2.75, 3.05) is 13.1 Å². The Morgan fingerprint density at radius 2 is 1.95 bits per heavy atom. The van der Waals surface area contributed by atoms with Crippen LogP contribution in [0.5, 0.6) is 0 Å². The van der Waals surface area contributed by atoms with Crippen molar-refractivity contribution in [3.05, 3.63) is 35.6 Å². The molecule has 0 aliphatic carbocycles. The van der Waals surface area contributed by atoms with Crippen LogP contribution in [0, 0.1) is 0 Å². The second-order valence-corrected chi connectivity index (χ2v) is 5.92. The second kappa shape index (κ2) is 5.82. The molecule has 3 nitrogen and oxygen atoms in total. The Morgan fingerprint density at radius 1 is 1.19 bits per heavy atom. The lowest BCUT2D eigenvalue weighted by Crippen LogP contribution is -2.50. The van der Waals surface area contributed by atoms with Crippen LogP contribution in [-0.4, -0.2) is 18.7 Å². The van der Waals surface area contributed by atoms with Crippen LogP contribution >= 0.6 is 0 Å². The molecule has 21 heavy (non-hydrogen) atoms. The quantitative estimate of drug-likeness (QED) is 0.914. The number of morpholine rings is 1. The summed E-state index contributed by atoms with van der Waals surface area (Å²) < 4.78 is 12.6. The highest BCUT2D eigenvalue weighted by molar-refractivity contribution is 5.82. The molecule has 1 aromatic heterocycles. The summed E-state index contributed by atoms with van der Waals surface area (Å²) in [5.74, 6) is 1.01. The molecule has 114 valence electrons. The average molecular weight is 287 g/mol. The minimum absolute atomic E-state index is 0.0148. The van der Waals surface area contributed by atoms with Gasteiger partial charge in [-0.2, -0.15) is 0 Å². The highest BCUT2D eigenvalue weighted by Gasteiger charge is 2.37. The SMILES string of the molecule is CCc1c(C2CNCC(CC)(CC)O2)oc2ccccc12. The van der Waals surface area contributed by atoms with E-state index in [1.165, 1.54) is 10.9 Å². The lowest BCUT2D eigenvalue weighted by Gasteiger charge is -2.40. The smallest absolute Gasteiger partial charge is 0.138 e. The highest BCUT2D eigenvalue weighted by Crippen LogP contribution is 2.37. The molecule has 1 atom stereocenters. The first-order chi connectivity index (χ1) is 10.2. The monoisotopic (exact) mass is 287 g/mol. The van der Waals surface area contributed by atoms with Crippen molar-refractivity contribution in [1.29, 1.82) is 0 Å². The first-order valence-electron chi connectivity index (χ1n) is 8.11. The van der Waals surface area contributed by atoms with Gasteiger partial charge in [0.1, 0.15) is 17.4 Å². The van der Waals surface area contributed by atoms with E-state index in [2.05, 4.69) is 38.2 Å². The summed E-state index contributed by atoms with van der Waals surface area (Å²) in [6.45, 7) is 8.34. The van der Waals surface area contributed by atoms with E-state index in [0.29, 0.717) is 0 Å². The van der Waals surface area contributed by atoms with Gasteiger partial charge in [0, 0.05) is 24.0 Å². The van der Waals surface area contributed by atoms with Crippen molar-refractivity contribution in [1.82, 2.24) is 5.32 Å². The fourth-order valence-corrected chi connectivity index (χ4v) is 3.37. The van der Waals surface area contributed by atoms with Crippen molar-refractivity contribution < 1.29 is 9.15 Å². The van der Waals surface area contributed by atoms with Gasteiger partial charge in [0.15, 0.2) is 0 Å². The number of fused-ring (bicyclic) bond motifs is 1. The molecule has 0 amide bonds. The zero-order chi connectivity index (χ0) is 14.9. The van der Waals surface area contributed by atoms with Crippen molar-refractivity contribution in [2.24, 2.45) is 0 Å². The summed E-state index contributed by atoms with van der Waals surface area (Å²) in [6.07, 6.45) is 3.03. The Balaban J connectivity index is 2.00. The number of nitrogens with one attached hydrogen (secondary N) is 1. The summed E-state index contributed by atoms with van der Waals surface area (Å²) in [7, 11) is 0. The van der Waals surface area contributed by atoms with E-state index >= 15 is 0 Å². The van der Waals surface area contributed by atoms with Crippen LogP contribution in [0.2, 0.25) is 0 Å². The molecule has 3 rings (SSSR count). The maximum atomic E-state index is 6.47. The summed E-state index contributed by atoms with van der Waals surface area (Å²) >= 11 is 0. The molecular formula is C18H25NO2. The molecule has 0 bridgehead atoms. The Bertz CT molecular complexity index is 613. The molecule has 0 saturated carbocycles. The Morgan fingerprint density at radius 3 is 2.67 bits per heavy atom. The van der Waals surface area contributed by atoms with E-state index in [1.807, 2.05) is 12.1 Å². The summed E-state index contributed by atoms with van der Waals surface area (Å²) in [6, 6.07) is 8.28. The number of ether oxygens (including phenoxy) is 1. The van der Waals surface area contributed by atoms with E-state index < -0.39 is 0 Å². The van der Waals surface area contributed by atoms with Crippen LogP contribution < -0.4 is 5.32 Å². The topological polar surface area (TPSA) is 34.4 Å². The molecular weight excluding hydrogens is 262 g/mol. The lowest BCUT2D eigenvalue weighted by molar-refractivity contribution is -0.128. The molecule has 2 heterocycles. The van der Waals surface area contributed by atoms with E-state index in [4.69, 9.17) is 9.15 Å². The molecule has 0 spiro atoms. The third kappa shape index (κ3) is 2.49. The van der Waals surface area contributed by atoms with Crippen LogP contribution in [0.25, 0.3) is 11.0 Å². The molecule has 1 N–H and O–H groups in total.